The third kappa shape index (κ3) is 9.20. The lowest BCUT2D eigenvalue weighted by Crippen LogP contribution is -2.06. The molecule has 0 amide bonds. The summed E-state index contributed by atoms with van der Waals surface area (Å²) < 4.78 is 12.1. The van der Waals surface area contributed by atoms with Crippen molar-refractivity contribution in [3.8, 4) is 11.5 Å². The Hall–Kier alpha value is -1.39. The molecule has 0 N–H and O–H groups in total. The number of unbranched alkanes of at least 4 members (excludes halogenated alkanes) is 1. The average molecular weight is 430 g/mol. The van der Waals surface area contributed by atoms with Gasteiger partial charge in [-0.2, -0.15) is 0 Å². The van der Waals surface area contributed by atoms with Crippen LogP contribution in [0, 0.1) is 5.92 Å². The lowest BCUT2D eigenvalue weighted by atomic mass is 10.0. The molecule has 0 aliphatic heterocycles. The van der Waals surface area contributed by atoms with Crippen LogP contribution in [0.25, 0.3) is 0 Å². The molecule has 4 nitrogen and oxygen atoms in total. The smallest absolute Gasteiger partial charge is 0.125 e. The number of hydrogen-bond donors (Lipinski definition) is 0. The molecule has 0 spiro atoms. The maximum atomic E-state index is 6.11. The highest BCUT2D eigenvalue weighted by Crippen LogP contribution is 2.31. The number of ether oxygens (including phenoxy) is 2. The number of hydrogen-bond acceptors (Lipinski definition) is 4. The fourth-order valence-corrected chi connectivity index (χ4v) is 2.54. The quantitative estimate of drug-likeness (QED) is 0.198. The van der Waals surface area contributed by atoms with Gasteiger partial charge < -0.3 is 14.3 Å². The van der Waals surface area contributed by atoms with Crippen LogP contribution >= 0.6 is 23.2 Å². The summed E-state index contributed by atoms with van der Waals surface area (Å²) in [5.41, 5.74) is 3.30. The summed E-state index contributed by atoms with van der Waals surface area (Å²) >= 11 is 11.3. The van der Waals surface area contributed by atoms with E-state index in [0.29, 0.717) is 25.7 Å². The van der Waals surface area contributed by atoms with Crippen molar-refractivity contribution in [1.29, 1.82) is 0 Å². The Kier molecular flexibility index (Phi) is 12.1. The molecule has 0 unspecified atom stereocenters. The Morgan fingerprint density at radius 2 is 1.64 bits per heavy atom. The van der Waals surface area contributed by atoms with Gasteiger partial charge in [0.1, 0.15) is 29.2 Å². The van der Waals surface area contributed by atoms with E-state index in [1.807, 2.05) is 19.1 Å². The van der Waals surface area contributed by atoms with E-state index in [4.69, 9.17) is 37.5 Å². The van der Waals surface area contributed by atoms with Crippen LogP contribution in [-0.4, -0.2) is 25.5 Å². The number of nitrogens with zero attached hydrogens (tertiary/aromatic N) is 1. The minimum Gasteiger partial charge on any atom is -0.493 e. The van der Waals surface area contributed by atoms with Gasteiger partial charge in [-0.3, -0.25) is 0 Å². The molecule has 0 saturated heterocycles. The van der Waals surface area contributed by atoms with E-state index >= 15 is 0 Å². The zero-order chi connectivity index (χ0) is 20.9. The van der Waals surface area contributed by atoms with Gasteiger partial charge in [-0.1, -0.05) is 56.1 Å². The molecule has 0 radical (unpaired) electrons. The van der Waals surface area contributed by atoms with Crippen LogP contribution in [0.5, 0.6) is 11.5 Å². The topological polar surface area (TPSA) is 40.0 Å². The van der Waals surface area contributed by atoms with Crippen molar-refractivity contribution in [3.63, 3.8) is 0 Å². The van der Waals surface area contributed by atoms with Crippen LogP contribution in [0.15, 0.2) is 27.9 Å². The Balaban J connectivity index is 2.57. The van der Waals surface area contributed by atoms with E-state index in [1.165, 1.54) is 0 Å². The van der Waals surface area contributed by atoms with Gasteiger partial charge in [0.25, 0.3) is 0 Å². The molecule has 28 heavy (non-hydrogen) atoms. The molecular formula is C22H33Cl2NO3. The Morgan fingerprint density at radius 1 is 1.04 bits per heavy atom. The minimum absolute atomic E-state index is 0.209. The highest BCUT2D eigenvalue weighted by Gasteiger charge is 2.11. The molecular weight excluding hydrogens is 397 g/mol. The molecule has 0 aliphatic carbocycles. The van der Waals surface area contributed by atoms with Crippen LogP contribution < -0.4 is 9.47 Å². The second kappa shape index (κ2) is 13.7. The zero-order valence-electron chi connectivity index (χ0n) is 17.7. The minimum atomic E-state index is 0.209. The lowest BCUT2D eigenvalue weighted by molar-refractivity contribution is 0.134. The fraction of sp³-hybridized carbons (Fsp3) is 0.591. The molecule has 1 aromatic carbocycles. The van der Waals surface area contributed by atoms with Gasteiger partial charge >= 0.3 is 0 Å². The SMILES string of the molecule is CCc1cc(OCC=C(Cl)Cl)cc(CC)c1OCCCCO/N=C(\C)C(C)C. The van der Waals surface area contributed by atoms with Crippen LogP contribution in [0.1, 0.15) is 58.6 Å². The molecule has 0 heterocycles. The number of halogens is 2. The summed E-state index contributed by atoms with van der Waals surface area (Å²) in [7, 11) is 0. The van der Waals surface area contributed by atoms with Gasteiger partial charge in [0.05, 0.1) is 12.3 Å². The van der Waals surface area contributed by atoms with Crippen LogP contribution in [0.3, 0.4) is 0 Å². The van der Waals surface area contributed by atoms with Crippen LogP contribution in [0.2, 0.25) is 0 Å². The molecule has 0 fully saturated rings. The van der Waals surface area contributed by atoms with Gasteiger partial charge in [0, 0.05) is 0 Å². The normalized spacial score (nSPS) is 11.5. The summed E-state index contributed by atoms with van der Waals surface area (Å²) in [5.74, 6) is 2.19. The Bertz CT molecular complexity index is 628. The second-order valence-electron chi connectivity index (χ2n) is 6.86. The predicted molar refractivity (Wildman–Crippen MR) is 119 cm³/mol. The van der Waals surface area contributed by atoms with Crippen molar-refractivity contribution in [2.45, 2.75) is 60.3 Å². The van der Waals surface area contributed by atoms with E-state index in [0.717, 1.165) is 54.0 Å². The molecule has 1 rings (SSSR count). The van der Waals surface area contributed by atoms with E-state index in [1.54, 1.807) is 6.08 Å². The van der Waals surface area contributed by atoms with Gasteiger partial charge in [0.2, 0.25) is 0 Å². The Morgan fingerprint density at radius 3 is 2.18 bits per heavy atom. The first-order valence-electron chi connectivity index (χ1n) is 9.97. The molecule has 1 aromatic rings. The van der Waals surface area contributed by atoms with Crippen molar-refractivity contribution in [3.05, 3.63) is 33.8 Å². The molecule has 0 bridgehead atoms. The maximum absolute atomic E-state index is 6.11. The number of oxime groups is 1. The van der Waals surface area contributed by atoms with E-state index in [-0.39, 0.29) is 4.49 Å². The van der Waals surface area contributed by atoms with Gasteiger partial charge in [-0.25, -0.2) is 0 Å². The van der Waals surface area contributed by atoms with E-state index in [2.05, 4.69) is 32.9 Å². The standard InChI is InChI=1S/C22H33Cl2NO3/c1-6-18-14-20(26-13-10-21(23)24)15-19(7-2)22(18)27-11-8-9-12-28-25-17(5)16(3)4/h10,14-16H,6-9,11-13H2,1-5H3/b25-17+. The number of benzene rings is 1. The van der Waals surface area contributed by atoms with Crippen LogP contribution in [-0.2, 0) is 17.7 Å². The first-order valence-corrected chi connectivity index (χ1v) is 10.7. The van der Waals surface area contributed by atoms with Crippen molar-refractivity contribution in [2.24, 2.45) is 11.1 Å². The highest BCUT2D eigenvalue weighted by atomic mass is 35.5. The summed E-state index contributed by atoms with van der Waals surface area (Å²) in [6, 6.07) is 4.05. The monoisotopic (exact) mass is 429 g/mol. The molecule has 6 heteroatoms. The van der Waals surface area contributed by atoms with Crippen LogP contribution in [0.4, 0.5) is 0 Å². The lowest BCUT2D eigenvalue weighted by Gasteiger charge is -2.17. The first-order chi connectivity index (χ1) is 13.4. The molecule has 0 atom stereocenters. The predicted octanol–water partition coefficient (Wildman–Crippen LogP) is 6.72. The molecule has 0 aliphatic rings. The highest BCUT2D eigenvalue weighted by molar-refractivity contribution is 6.55. The van der Waals surface area contributed by atoms with Crippen molar-refractivity contribution >= 4 is 28.9 Å². The fourth-order valence-electron chi connectivity index (χ4n) is 2.41. The van der Waals surface area contributed by atoms with E-state index in [9.17, 15) is 0 Å². The first kappa shape index (κ1) is 24.6. The van der Waals surface area contributed by atoms with Crippen molar-refractivity contribution in [2.75, 3.05) is 19.8 Å². The third-order valence-corrected chi connectivity index (χ3v) is 4.69. The Labute approximate surface area is 179 Å². The van der Waals surface area contributed by atoms with Gasteiger partial charge in [-0.05, 0) is 67.9 Å². The van der Waals surface area contributed by atoms with Gasteiger partial charge in [0.15, 0.2) is 0 Å². The molecule has 0 saturated carbocycles. The zero-order valence-corrected chi connectivity index (χ0v) is 19.2. The largest absolute Gasteiger partial charge is 0.493 e. The molecule has 0 aromatic heterocycles. The number of aryl methyl sites for hydroxylation is 2. The number of rotatable bonds is 13. The molecule has 158 valence electrons. The third-order valence-electron chi connectivity index (χ3n) is 4.39. The summed E-state index contributed by atoms with van der Waals surface area (Å²) in [4.78, 5) is 5.36. The average Bonchev–Trinajstić information content (AvgIpc) is 2.66. The summed E-state index contributed by atoms with van der Waals surface area (Å²) in [5, 5.41) is 4.12. The summed E-state index contributed by atoms with van der Waals surface area (Å²) in [6.07, 6.45) is 5.19. The second-order valence-corrected chi connectivity index (χ2v) is 7.87. The van der Waals surface area contributed by atoms with Gasteiger partial charge in [-0.15, -0.1) is 0 Å². The summed E-state index contributed by atoms with van der Waals surface area (Å²) in [6.45, 7) is 12.0. The van der Waals surface area contributed by atoms with Crippen molar-refractivity contribution in [1.82, 2.24) is 0 Å². The maximum Gasteiger partial charge on any atom is 0.125 e. The van der Waals surface area contributed by atoms with Crippen molar-refractivity contribution < 1.29 is 14.3 Å². The van der Waals surface area contributed by atoms with E-state index < -0.39 is 0 Å².